The highest BCUT2D eigenvalue weighted by atomic mass is 19.4. The molecule has 2 N–H and O–H groups in total. The first-order valence-electron chi connectivity index (χ1n) is 5.97. The quantitative estimate of drug-likeness (QED) is 0.599. The maximum atomic E-state index is 12.5. The SMILES string of the molecule is COC(CNC(=O)c1ccc(C(F)(F)F)cc1[N+](=O)[O-])C(=O)O. The molecule has 1 amide bonds. The summed E-state index contributed by atoms with van der Waals surface area (Å²) in [5, 5.41) is 21.6. The smallest absolute Gasteiger partial charge is 0.416 e. The molecule has 0 bridgehead atoms. The fraction of sp³-hybridized carbons (Fsp3) is 0.333. The van der Waals surface area contributed by atoms with E-state index in [1.54, 1.807) is 0 Å². The molecule has 0 spiro atoms. The average Bonchev–Trinajstić information content (AvgIpc) is 2.45. The number of benzene rings is 1. The van der Waals surface area contributed by atoms with E-state index in [0.29, 0.717) is 12.1 Å². The van der Waals surface area contributed by atoms with Gasteiger partial charge >= 0.3 is 12.1 Å². The maximum Gasteiger partial charge on any atom is 0.416 e. The highest BCUT2D eigenvalue weighted by Gasteiger charge is 2.34. The second-order valence-corrected chi connectivity index (χ2v) is 4.26. The summed E-state index contributed by atoms with van der Waals surface area (Å²) in [6.07, 6.45) is -6.20. The predicted octanol–water partition coefficient (Wildman–Crippen LogP) is 1.44. The van der Waals surface area contributed by atoms with E-state index in [1.165, 1.54) is 0 Å². The number of ether oxygens (including phenoxy) is 1. The lowest BCUT2D eigenvalue weighted by atomic mass is 10.1. The zero-order valence-corrected chi connectivity index (χ0v) is 11.6. The summed E-state index contributed by atoms with van der Waals surface area (Å²) < 4.78 is 42.2. The Hall–Kier alpha value is -2.69. The molecule has 8 nitrogen and oxygen atoms in total. The van der Waals surface area contributed by atoms with Crippen molar-refractivity contribution in [2.24, 2.45) is 0 Å². The van der Waals surface area contributed by atoms with Crippen molar-refractivity contribution >= 4 is 17.6 Å². The van der Waals surface area contributed by atoms with Crippen LogP contribution in [0.3, 0.4) is 0 Å². The van der Waals surface area contributed by atoms with Crippen molar-refractivity contribution in [3.8, 4) is 0 Å². The summed E-state index contributed by atoms with van der Waals surface area (Å²) >= 11 is 0. The number of carboxylic acids is 1. The van der Waals surface area contributed by atoms with Gasteiger partial charge in [0.15, 0.2) is 6.10 Å². The normalized spacial score (nSPS) is 12.5. The van der Waals surface area contributed by atoms with Crippen molar-refractivity contribution in [1.82, 2.24) is 5.32 Å². The summed E-state index contributed by atoms with van der Waals surface area (Å²) in [5.41, 5.74) is -2.94. The second-order valence-electron chi connectivity index (χ2n) is 4.26. The first-order valence-corrected chi connectivity index (χ1v) is 5.97. The molecule has 1 aromatic rings. The summed E-state index contributed by atoms with van der Waals surface area (Å²) in [4.78, 5) is 32.2. The third-order valence-corrected chi connectivity index (χ3v) is 2.77. The first-order chi connectivity index (χ1) is 10.6. The number of methoxy groups -OCH3 is 1. The first kappa shape index (κ1) is 18.4. The van der Waals surface area contributed by atoms with Gasteiger partial charge in [-0.15, -0.1) is 0 Å². The number of carbonyl (C=O) groups is 2. The molecule has 1 unspecified atom stereocenters. The van der Waals surface area contributed by atoms with Crippen LogP contribution in [0.15, 0.2) is 18.2 Å². The molecule has 1 rings (SSSR count). The van der Waals surface area contributed by atoms with Gasteiger partial charge in [0.25, 0.3) is 11.6 Å². The van der Waals surface area contributed by atoms with Gasteiger partial charge in [-0.05, 0) is 12.1 Å². The van der Waals surface area contributed by atoms with Crippen LogP contribution in [0.4, 0.5) is 18.9 Å². The highest BCUT2D eigenvalue weighted by molar-refractivity contribution is 5.98. The van der Waals surface area contributed by atoms with Crippen LogP contribution in [0, 0.1) is 10.1 Å². The molecule has 0 heterocycles. The van der Waals surface area contributed by atoms with Crippen molar-refractivity contribution in [2.45, 2.75) is 12.3 Å². The minimum atomic E-state index is -4.80. The Bertz CT molecular complexity index is 632. The van der Waals surface area contributed by atoms with E-state index in [1.807, 2.05) is 0 Å². The molecule has 23 heavy (non-hydrogen) atoms. The lowest BCUT2D eigenvalue weighted by Crippen LogP contribution is -2.38. The number of aliphatic carboxylic acids is 1. The molecule has 0 aliphatic heterocycles. The topological polar surface area (TPSA) is 119 Å². The maximum absolute atomic E-state index is 12.5. The van der Waals surface area contributed by atoms with Gasteiger partial charge in [-0.2, -0.15) is 13.2 Å². The highest BCUT2D eigenvalue weighted by Crippen LogP contribution is 2.32. The number of amides is 1. The number of nitrogens with zero attached hydrogens (tertiary/aromatic N) is 1. The number of nitro benzene ring substituents is 1. The van der Waals surface area contributed by atoms with Crippen LogP contribution in [0.1, 0.15) is 15.9 Å². The van der Waals surface area contributed by atoms with Crippen molar-refractivity contribution in [2.75, 3.05) is 13.7 Å². The van der Waals surface area contributed by atoms with Gasteiger partial charge in [-0.1, -0.05) is 0 Å². The summed E-state index contributed by atoms with van der Waals surface area (Å²) in [6.45, 7) is -0.511. The summed E-state index contributed by atoms with van der Waals surface area (Å²) in [6, 6.07) is 1.41. The Kier molecular flexibility index (Phi) is 5.62. The molecule has 0 fully saturated rings. The number of hydrogen-bond acceptors (Lipinski definition) is 5. The van der Waals surface area contributed by atoms with E-state index < -0.39 is 52.4 Å². The number of halogens is 3. The molecule has 0 aliphatic rings. The van der Waals surface area contributed by atoms with Crippen LogP contribution >= 0.6 is 0 Å². The zero-order chi connectivity index (χ0) is 17.8. The van der Waals surface area contributed by atoms with E-state index in [4.69, 9.17) is 5.11 Å². The fourth-order valence-corrected chi connectivity index (χ4v) is 1.60. The van der Waals surface area contributed by atoms with Crippen LogP contribution in [0.5, 0.6) is 0 Å². The summed E-state index contributed by atoms with van der Waals surface area (Å²) in [5.74, 6) is -2.47. The molecule has 0 saturated heterocycles. The number of hydrogen-bond donors (Lipinski definition) is 2. The lowest BCUT2D eigenvalue weighted by Gasteiger charge is -2.12. The summed E-state index contributed by atoms with van der Waals surface area (Å²) in [7, 11) is 1.07. The van der Waals surface area contributed by atoms with Crippen molar-refractivity contribution in [1.29, 1.82) is 0 Å². The third-order valence-electron chi connectivity index (χ3n) is 2.77. The second kappa shape index (κ2) is 7.05. The standard InChI is InChI=1S/C12H11F3N2O6/c1-23-9(11(19)20)5-16-10(18)7-3-2-6(12(13,14)15)4-8(7)17(21)22/h2-4,9H,5H2,1H3,(H,16,18)(H,19,20). The van der Waals surface area contributed by atoms with Crippen molar-refractivity contribution < 1.29 is 37.5 Å². The Morgan fingerprint density at radius 2 is 2.04 bits per heavy atom. The minimum absolute atomic E-state index is 0.236. The molecule has 0 aliphatic carbocycles. The Morgan fingerprint density at radius 3 is 2.48 bits per heavy atom. The van der Waals surface area contributed by atoms with Gasteiger partial charge in [0, 0.05) is 13.2 Å². The number of nitrogens with one attached hydrogen (secondary N) is 1. The number of carbonyl (C=O) groups excluding carboxylic acids is 1. The molecule has 11 heteroatoms. The largest absolute Gasteiger partial charge is 0.479 e. The monoisotopic (exact) mass is 336 g/mol. The van der Waals surface area contributed by atoms with Crippen LogP contribution in [-0.4, -0.2) is 41.7 Å². The lowest BCUT2D eigenvalue weighted by molar-refractivity contribution is -0.385. The predicted molar refractivity (Wildman–Crippen MR) is 68.9 cm³/mol. The van der Waals surface area contributed by atoms with E-state index >= 15 is 0 Å². The van der Waals surface area contributed by atoms with Crippen LogP contribution < -0.4 is 5.32 Å². The molecular formula is C12H11F3N2O6. The number of carboxylic acid groups (broad SMARTS) is 1. The molecule has 0 radical (unpaired) electrons. The van der Waals surface area contributed by atoms with E-state index in [-0.39, 0.29) is 6.07 Å². The van der Waals surface area contributed by atoms with Crippen molar-refractivity contribution in [3.63, 3.8) is 0 Å². The Balaban J connectivity index is 3.05. The molecule has 0 aromatic heterocycles. The Labute approximate surface area is 127 Å². The molecular weight excluding hydrogens is 325 g/mol. The van der Waals surface area contributed by atoms with Gasteiger partial charge in [-0.25, -0.2) is 4.79 Å². The van der Waals surface area contributed by atoms with Gasteiger partial charge in [0.2, 0.25) is 0 Å². The molecule has 126 valence electrons. The third kappa shape index (κ3) is 4.64. The van der Waals surface area contributed by atoms with Crippen LogP contribution in [0.25, 0.3) is 0 Å². The fourth-order valence-electron chi connectivity index (χ4n) is 1.60. The zero-order valence-electron chi connectivity index (χ0n) is 11.6. The average molecular weight is 336 g/mol. The van der Waals surface area contributed by atoms with Crippen LogP contribution in [0.2, 0.25) is 0 Å². The number of rotatable bonds is 6. The van der Waals surface area contributed by atoms with Crippen LogP contribution in [-0.2, 0) is 15.7 Å². The minimum Gasteiger partial charge on any atom is -0.479 e. The molecule has 0 saturated carbocycles. The van der Waals surface area contributed by atoms with Gasteiger partial charge in [0.05, 0.1) is 17.0 Å². The molecule has 1 aromatic carbocycles. The van der Waals surface area contributed by atoms with Gasteiger partial charge in [0.1, 0.15) is 5.56 Å². The van der Waals surface area contributed by atoms with E-state index in [0.717, 1.165) is 7.11 Å². The van der Waals surface area contributed by atoms with E-state index in [9.17, 15) is 32.9 Å². The van der Waals surface area contributed by atoms with E-state index in [2.05, 4.69) is 10.1 Å². The number of alkyl halides is 3. The van der Waals surface area contributed by atoms with Gasteiger partial charge < -0.3 is 15.2 Å². The van der Waals surface area contributed by atoms with Gasteiger partial charge in [-0.3, -0.25) is 14.9 Å². The van der Waals surface area contributed by atoms with Crippen molar-refractivity contribution in [3.05, 3.63) is 39.4 Å². The Morgan fingerprint density at radius 1 is 1.43 bits per heavy atom. The molecule has 1 atom stereocenters. The number of nitro groups is 1.